The van der Waals surface area contributed by atoms with Crippen LogP contribution in [0.3, 0.4) is 0 Å². The van der Waals surface area contributed by atoms with E-state index in [-0.39, 0.29) is 0 Å². The molecule has 0 bridgehead atoms. The minimum Gasteiger partial charge on any atom is -0.316 e. The van der Waals surface area contributed by atoms with Crippen LogP contribution in [0.15, 0.2) is 24.4 Å². The molecule has 1 unspecified atom stereocenters. The van der Waals surface area contributed by atoms with Gasteiger partial charge in [0.15, 0.2) is 0 Å². The number of nitrogens with one attached hydrogen (secondary N) is 1. The number of rotatable bonds is 10. The number of pyridine rings is 1. The van der Waals surface area contributed by atoms with E-state index < -0.39 is 0 Å². The van der Waals surface area contributed by atoms with Crippen molar-refractivity contribution in [2.75, 3.05) is 33.2 Å². The second-order valence-corrected chi connectivity index (χ2v) is 6.15. The number of hydrogen-bond acceptors (Lipinski definition) is 3. The van der Waals surface area contributed by atoms with Crippen LogP contribution in [0.2, 0.25) is 0 Å². The summed E-state index contributed by atoms with van der Waals surface area (Å²) in [5.41, 5.74) is 1.55. The van der Waals surface area contributed by atoms with E-state index in [0.717, 1.165) is 32.6 Å². The van der Waals surface area contributed by atoms with Gasteiger partial charge in [0.2, 0.25) is 0 Å². The van der Waals surface area contributed by atoms with Crippen molar-refractivity contribution in [2.45, 2.75) is 40.0 Å². The molecule has 1 N–H and O–H groups in total. The van der Waals surface area contributed by atoms with Gasteiger partial charge in [-0.15, -0.1) is 0 Å². The van der Waals surface area contributed by atoms with E-state index in [0.29, 0.717) is 5.41 Å². The molecule has 0 fully saturated rings. The molecule has 0 aliphatic heterocycles. The SMILES string of the molecule is CCCC(C)(CNCC)CN(C)CCc1ccccn1. The molecule has 0 aliphatic carbocycles. The van der Waals surface area contributed by atoms with Gasteiger partial charge in [-0.25, -0.2) is 0 Å². The summed E-state index contributed by atoms with van der Waals surface area (Å²) < 4.78 is 0. The highest BCUT2D eigenvalue weighted by atomic mass is 15.1. The Morgan fingerprint density at radius 2 is 2.10 bits per heavy atom. The quantitative estimate of drug-likeness (QED) is 0.712. The van der Waals surface area contributed by atoms with Crippen LogP contribution >= 0.6 is 0 Å². The summed E-state index contributed by atoms with van der Waals surface area (Å²) >= 11 is 0. The maximum absolute atomic E-state index is 4.39. The molecular formula is C17H31N3. The Labute approximate surface area is 124 Å². The second kappa shape index (κ2) is 9.09. The van der Waals surface area contributed by atoms with Gasteiger partial charge < -0.3 is 10.2 Å². The van der Waals surface area contributed by atoms with E-state index in [2.05, 4.69) is 55.2 Å². The lowest BCUT2D eigenvalue weighted by atomic mass is 9.85. The molecule has 114 valence electrons. The van der Waals surface area contributed by atoms with Crippen molar-refractivity contribution in [3.63, 3.8) is 0 Å². The van der Waals surface area contributed by atoms with E-state index >= 15 is 0 Å². The van der Waals surface area contributed by atoms with Crippen LogP contribution in [0.5, 0.6) is 0 Å². The van der Waals surface area contributed by atoms with Crippen molar-refractivity contribution in [3.8, 4) is 0 Å². The molecule has 0 amide bonds. The third-order valence-corrected chi connectivity index (χ3v) is 3.78. The fourth-order valence-electron chi connectivity index (χ4n) is 2.84. The molecule has 0 saturated carbocycles. The van der Waals surface area contributed by atoms with Gasteiger partial charge in [-0.2, -0.15) is 0 Å². The van der Waals surface area contributed by atoms with Crippen LogP contribution in [-0.4, -0.2) is 43.1 Å². The predicted octanol–water partition coefficient (Wildman–Crippen LogP) is 2.97. The minimum absolute atomic E-state index is 0.365. The monoisotopic (exact) mass is 277 g/mol. The zero-order valence-corrected chi connectivity index (χ0v) is 13.7. The molecule has 1 heterocycles. The Hall–Kier alpha value is -0.930. The topological polar surface area (TPSA) is 28.2 Å². The lowest BCUT2D eigenvalue weighted by Gasteiger charge is -2.34. The lowest BCUT2D eigenvalue weighted by molar-refractivity contribution is 0.175. The van der Waals surface area contributed by atoms with Crippen LogP contribution in [0.25, 0.3) is 0 Å². The van der Waals surface area contributed by atoms with Gasteiger partial charge >= 0.3 is 0 Å². The highest BCUT2D eigenvalue weighted by Crippen LogP contribution is 2.23. The van der Waals surface area contributed by atoms with Crippen molar-refractivity contribution in [2.24, 2.45) is 5.41 Å². The Balaban J connectivity index is 2.42. The number of nitrogens with zero attached hydrogens (tertiary/aromatic N) is 2. The maximum Gasteiger partial charge on any atom is 0.0416 e. The Morgan fingerprint density at radius 1 is 1.30 bits per heavy atom. The van der Waals surface area contributed by atoms with Crippen LogP contribution in [0, 0.1) is 5.41 Å². The molecule has 0 aromatic carbocycles. The predicted molar refractivity (Wildman–Crippen MR) is 87.0 cm³/mol. The van der Waals surface area contributed by atoms with E-state index in [1.807, 2.05) is 12.3 Å². The molecule has 0 saturated heterocycles. The van der Waals surface area contributed by atoms with Crippen molar-refractivity contribution in [3.05, 3.63) is 30.1 Å². The number of hydrogen-bond donors (Lipinski definition) is 1. The van der Waals surface area contributed by atoms with Crippen molar-refractivity contribution >= 4 is 0 Å². The maximum atomic E-state index is 4.39. The molecule has 3 heteroatoms. The molecule has 3 nitrogen and oxygen atoms in total. The van der Waals surface area contributed by atoms with Crippen LogP contribution in [0.4, 0.5) is 0 Å². The summed E-state index contributed by atoms with van der Waals surface area (Å²) in [6, 6.07) is 6.15. The lowest BCUT2D eigenvalue weighted by Crippen LogP contribution is -2.41. The summed E-state index contributed by atoms with van der Waals surface area (Å²) in [5.74, 6) is 0. The van der Waals surface area contributed by atoms with Gasteiger partial charge in [-0.3, -0.25) is 4.98 Å². The first kappa shape index (κ1) is 17.1. The highest BCUT2D eigenvalue weighted by Gasteiger charge is 2.24. The summed E-state index contributed by atoms with van der Waals surface area (Å²) in [7, 11) is 2.22. The average Bonchev–Trinajstić information content (AvgIpc) is 2.44. The third kappa shape index (κ3) is 6.49. The largest absolute Gasteiger partial charge is 0.316 e. The Bertz CT molecular complexity index is 353. The van der Waals surface area contributed by atoms with Crippen molar-refractivity contribution in [1.29, 1.82) is 0 Å². The number of aromatic nitrogens is 1. The summed E-state index contributed by atoms with van der Waals surface area (Å²) in [4.78, 5) is 6.84. The third-order valence-electron chi connectivity index (χ3n) is 3.78. The van der Waals surface area contributed by atoms with Crippen molar-refractivity contribution < 1.29 is 0 Å². The fraction of sp³-hybridized carbons (Fsp3) is 0.706. The Kier molecular flexibility index (Phi) is 7.78. The van der Waals surface area contributed by atoms with Gasteiger partial charge in [0, 0.05) is 37.9 Å². The standard InChI is InChI=1S/C17H31N3/c1-5-11-17(3,14-18-6-2)15-20(4)13-10-16-9-7-8-12-19-16/h7-9,12,18H,5-6,10-11,13-15H2,1-4H3. The molecule has 1 rings (SSSR count). The van der Waals surface area contributed by atoms with Gasteiger partial charge in [-0.05, 0) is 37.6 Å². The van der Waals surface area contributed by atoms with E-state index in [9.17, 15) is 0 Å². The van der Waals surface area contributed by atoms with Gasteiger partial charge in [0.25, 0.3) is 0 Å². The van der Waals surface area contributed by atoms with Crippen LogP contribution in [-0.2, 0) is 6.42 Å². The van der Waals surface area contributed by atoms with E-state index in [4.69, 9.17) is 0 Å². The Morgan fingerprint density at radius 3 is 2.70 bits per heavy atom. The molecular weight excluding hydrogens is 246 g/mol. The molecule has 20 heavy (non-hydrogen) atoms. The normalized spacial score (nSPS) is 14.4. The van der Waals surface area contributed by atoms with Gasteiger partial charge in [-0.1, -0.05) is 33.3 Å². The molecule has 1 aromatic heterocycles. The first-order valence-electron chi connectivity index (χ1n) is 7.89. The highest BCUT2D eigenvalue weighted by molar-refractivity contribution is 5.03. The zero-order valence-electron chi connectivity index (χ0n) is 13.7. The van der Waals surface area contributed by atoms with E-state index in [1.165, 1.54) is 18.5 Å². The molecule has 0 aliphatic rings. The van der Waals surface area contributed by atoms with E-state index in [1.54, 1.807) is 0 Å². The molecule has 1 aromatic rings. The first-order valence-corrected chi connectivity index (χ1v) is 7.89. The van der Waals surface area contributed by atoms with Crippen molar-refractivity contribution in [1.82, 2.24) is 15.2 Å². The molecule has 1 atom stereocenters. The van der Waals surface area contributed by atoms with Crippen LogP contribution < -0.4 is 5.32 Å². The number of likely N-dealkylation sites (N-methyl/N-ethyl adjacent to an activating group) is 1. The molecule has 0 radical (unpaired) electrons. The average molecular weight is 277 g/mol. The summed E-state index contributed by atoms with van der Waals surface area (Å²) in [6.07, 6.45) is 5.42. The zero-order chi connectivity index (χ0) is 14.8. The van der Waals surface area contributed by atoms with Crippen LogP contribution in [0.1, 0.15) is 39.3 Å². The smallest absolute Gasteiger partial charge is 0.0416 e. The fourth-order valence-corrected chi connectivity index (χ4v) is 2.84. The first-order chi connectivity index (χ1) is 9.59. The summed E-state index contributed by atoms with van der Waals surface area (Å²) in [5, 5.41) is 3.51. The summed E-state index contributed by atoms with van der Waals surface area (Å²) in [6.45, 7) is 11.2. The van der Waals surface area contributed by atoms with Gasteiger partial charge in [0.1, 0.15) is 0 Å². The minimum atomic E-state index is 0.365. The molecule has 0 spiro atoms. The second-order valence-electron chi connectivity index (χ2n) is 6.15. The van der Waals surface area contributed by atoms with Gasteiger partial charge in [0.05, 0.1) is 0 Å².